The molecule has 2 unspecified atom stereocenters. The molecule has 5 nitrogen and oxygen atoms in total. The van der Waals surface area contributed by atoms with Crippen molar-refractivity contribution < 1.29 is 19.8 Å². The second-order valence-electron chi connectivity index (χ2n) is 4.87. The van der Waals surface area contributed by atoms with E-state index in [1.165, 1.54) is 4.90 Å². The molecule has 1 aromatic carbocycles. The zero-order chi connectivity index (χ0) is 14.0. The normalized spacial score (nSPS) is 24.2. The van der Waals surface area contributed by atoms with Crippen molar-refractivity contribution in [1.82, 2.24) is 4.90 Å². The summed E-state index contributed by atoms with van der Waals surface area (Å²) in [6.07, 6.45) is -0.657. The molecule has 0 spiro atoms. The van der Waals surface area contributed by atoms with E-state index in [9.17, 15) is 14.7 Å². The van der Waals surface area contributed by atoms with E-state index in [1.807, 2.05) is 30.3 Å². The van der Waals surface area contributed by atoms with Gasteiger partial charge in [-0.15, -0.1) is 0 Å². The molecular formula is C14H17NO4. The number of carboxylic acids is 1. The van der Waals surface area contributed by atoms with Crippen LogP contribution in [0.5, 0.6) is 0 Å². The number of amides is 1. The highest BCUT2D eigenvalue weighted by Crippen LogP contribution is 2.25. The van der Waals surface area contributed by atoms with Gasteiger partial charge in [0, 0.05) is 13.0 Å². The lowest BCUT2D eigenvalue weighted by atomic mass is 9.99. The Bertz CT molecular complexity index is 474. The van der Waals surface area contributed by atoms with Crippen LogP contribution in [0.1, 0.15) is 24.8 Å². The largest absolute Gasteiger partial charge is 0.480 e. The first kappa shape index (κ1) is 13.5. The van der Waals surface area contributed by atoms with Crippen LogP contribution < -0.4 is 0 Å². The van der Waals surface area contributed by atoms with E-state index in [0.717, 1.165) is 5.56 Å². The quantitative estimate of drug-likeness (QED) is 0.847. The fourth-order valence-corrected chi connectivity index (χ4v) is 2.42. The third kappa shape index (κ3) is 2.76. The topological polar surface area (TPSA) is 77.8 Å². The molecule has 2 rings (SSSR count). The van der Waals surface area contributed by atoms with Crippen molar-refractivity contribution >= 4 is 11.9 Å². The Morgan fingerprint density at radius 3 is 2.53 bits per heavy atom. The zero-order valence-corrected chi connectivity index (χ0v) is 10.7. The van der Waals surface area contributed by atoms with Gasteiger partial charge in [-0.2, -0.15) is 0 Å². The number of β-amino-alcohol motifs (C(OH)–C–C–N with tert-alkyl or cyclic N) is 1. The molecule has 0 aliphatic carbocycles. The molecular weight excluding hydrogens is 246 g/mol. The van der Waals surface area contributed by atoms with Gasteiger partial charge in [-0.25, -0.2) is 4.79 Å². The summed E-state index contributed by atoms with van der Waals surface area (Å²) < 4.78 is 0. The van der Waals surface area contributed by atoms with E-state index >= 15 is 0 Å². The second kappa shape index (κ2) is 5.40. The first-order valence-corrected chi connectivity index (χ1v) is 6.27. The number of hydrogen-bond donors (Lipinski definition) is 2. The number of aliphatic hydroxyl groups excluding tert-OH is 1. The average molecular weight is 263 g/mol. The molecule has 0 bridgehead atoms. The van der Waals surface area contributed by atoms with Gasteiger partial charge in [-0.05, 0) is 12.5 Å². The molecule has 1 aromatic rings. The fourth-order valence-electron chi connectivity index (χ4n) is 2.42. The summed E-state index contributed by atoms with van der Waals surface area (Å²) in [5, 5.41) is 18.7. The van der Waals surface area contributed by atoms with Crippen LogP contribution in [0.3, 0.4) is 0 Å². The number of likely N-dealkylation sites (tertiary alicyclic amines) is 1. The molecule has 0 aromatic heterocycles. The molecule has 1 aliphatic heterocycles. The number of rotatable bonds is 3. The summed E-state index contributed by atoms with van der Waals surface area (Å²) in [5.41, 5.74) is 0.845. The molecule has 19 heavy (non-hydrogen) atoms. The predicted octanol–water partition coefficient (Wildman–Crippen LogP) is 0.836. The molecule has 1 amide bonds. The summed E-state index contributed by atoms with van der Waals surface area (Å²) >= 11 is 0. The monoisotopic (exact) mass is 263 g/mol. The first-order chi connectivity index (χ1) is 9.00. The number of nitrogens with zero attached hydrogens (tertiary/aromatic N) is 1. The molecule has 1 heterocycles. The fraction of sp³-hybridized carbons (Fsp3) is 0.429. The Hall–Kier alpha value is -1.88. The second-order valence-corrected chi connectivity index (χ2v) is 4.87. The summed E-state index contributed by atoms with van der Waals surface area (Å²) in [4.78, 5) is 24.7. The van der Waals surface area contributed by atoms with Crippen molar-refractivity contribution in [2.45, 2.75) is 31.4 Å². The van der Waals surface area contributed by atoms with E-state index < -0.39 is 24.0 Å². The highest BCUT2D eigenvalue weighted by atomic mass is 16.4. The Labute approximate surface area is 111 Å². The zero-order valence-electron chi connectivity index (χ0n) is 10.7. The van der Waals surface area contributed by atoms with E-state index in [1.54, 1.807) is 6.92 Å². The number of carboxylic acid groups (broad SMARTS) is 1. The minimum absolute atomic E-state index is 0.0903. The maximum absolute atomic E-state index is 12.4. The SMILES string of the molecule is CC(C(=O)N1CC(O)C[C@H]1C(=O)O)c1ccccc1. The van der Waals surface area contributed by atoms with Crippen LogP contribution in [0.4, 0.5) is 0 Å². The standard InChI is InChI=1S/C14H17NO4/c1-9(10-5-3-2-4-6-10)13(17)15-8-11(16)7-12(15)14(18)19/h2-6,9,11-12,16H,7-8H2,1H3,(H,18,19)/t9?,11?,12-/m0/s1. The van der Waals surface area contributed by atoms with Crippen molar-refractivity contribution in [3.05, 3.63) is 35.9 Å². The van der Waals surface area contributed by atoms with Gasteiger partial charge in [-0.1, -0.05) is 30.3 Å². The van der Waals surface area contributed by atoms with Gasteiger partial charge >= 0.3 is 5.97 Å². The lowest BCUT2D eigenvalue weighted by molar-refractivity contribution is -0.148. The molecule has 0 saturated carbocycles. The van der Waals surface area contributed by atoms with Crippen molar-refractivity contribution in [2.75, 3.05) is 6.54 Å². The van der Waals surface area contributed by atoms with Crippen molar-refractivity contribution in [1.29, 1.82) is 0 Å². The molecule has 1 fully saturated rings. The number of aliphatic hydroxyl groups is 1. The molecule has 2 N–H and O–H groups in total. The van der Waals surface area contributed by atoms with E-state index in [-0.39, 0.29) is 18.9 Å². The highest BCUT2D eigenvalue weighted by Gasteiger charge is 2.40. The Kier molecular flexibility index (Phi) is 3.85. The molecule has 1 aliphatic rings. The molecule has 3 atom stereocenters. The van der Waals surface area contributed by atoms with Gasteiger partial charge in [0.25, 0.3) is 0 Å². The highest BCUT2D eigenvalue weighted by molar-refractivity contribution is 5.88. The smallest absolute Gasteiger partial charge is 0.326 e. The average Bonchev–Trinajstić information content (AvgIpc) is 2.80. The van der Waals surface area contributed by atoms with Gasteiger partial charge in [0.2, 0.25) is 5.91 Å². The van der Waals surface area contributed by atoms with Gasteiger partial charge < -0.3 is 15.1 Å². The van der Waals surface area contributed by atoms with Crippen molar-refractivity contribution in [2.24, 2.45) is 0 Å². The minimum atomic E-state index is -1.06. The maximum Gasteiger partial charge on any atom is 0.326 e. The van der Waals surface area contributed by atoms with Crippen molar-refractivity contribution in [3.63, 3.8) is 0 Å². The predicted molar refractivity (Wildman–Crippen MR) is 68.6 cm³/mol. The van der Waals surface area contributed by atoms with E-state index in [2.05, 4.69) is 0 Å². The number of aliphatic carboxylic acids is 1. The van der Waals surface area contributed by atoms with E-state index in [4.69, 9.17) is 5.11 Å². The number of hydrogen-bond acceptors (Lipinski definition) is 3. The Morgan fingerprint density at radius 2 is 1.95 bits per heavy atom. The van der Waals surface area contributed by atoms with Crippen LogP contribution in [-0.2, 0) is 9.59 Å². The van der Waals surface area contributed by atoms with Crippen LogP contribution in [0, 0.1) is 0 Å². The molecule has 1 saturated heterocycles. The van der Waals surface area contributed by atoms with E-state index in [0.29, 0.717) is 0 Å². The van der Waals surface area contributed by atoms with Crippen LogP contribution in [0.2, 0.25) is 0 Å². The van der Waals surface area contributed by atoms with Crippen LogP contribution in [-0.4, -0.2) is 45.7 Å². The summed E-state index contributed by atoms with van der Waals surface area (Å²) in [7, 11) is 0. The third-order valence-electron chi connectivity index (χ3n) is 3.52. The Morgan fingerprint density at radius 1 is 1.32 bits per heavy atom. The maximum atomic E-state index is 12.4. The van der Waals surface area contributed by atoms with Gasteiger partial charge in [-0.3, -0.25) is 4.79 Å². The van der Waals surface area contributed by atoms with Crippen LogP contribution in [0.15, 0.2) is 30.3 Å². The number of carbonyl (C=O) groups excluding carboxylic acids is 1. The summed E-state index contributed by atoms with van der Waals surface area (Å²) in [6, 6.07) is 8.30. The van der Waals surface area contributed by atoms with Gasteiger partial charge in [0.05, 0.1) is 12.0 Å². The molecule has 102 valence electrons. The van der Waals surface area contributed by atoms with Crippen LogP contribution >= 0.6 is 0 Å². The summed E-state index contributed by atoms with van der Waals surface area (Å²) in [6.45, 7) is 1.84. The number of carbonyl (C=O) groups is 2. The minimum Gasteiger partial charge on any atom is -0.480 e. The van der Waals surface area contributed by atoms with Gasteiger partial charge in [0.1, 0.15) is 6.04 Å². The lowest BCUT2D eigenvalue weighted by Crippen LogP contribution is -2.42. The number of benzene rings is 1. The lowest BCUT2D eigenvalue weighted by Gasteiger charge is -2.24. The first-order valence-electron chi connectivity index (χ1n) is 6.27. The summed E-state index contributed by atoms with van der Waals surface area (Å²) in [5.74, 6) is -1.73. The van der Waals surface area contributed by atoms with Gasteiger partial charge in [0.15, 0.2) is 0 Å². The van der Waals surface area contributed by atoms with Crippen LogP contribution in [0.25, 0.3) is 0 Å². The third-order valence-corrected chi connectivity index (χ3v) is 3.52. The Balaban J connectivity index is 2.17. The molecule has 5 heteroatoms. The van der Waals surface area contributed by atoms with Crippen molar-refractivity contribution in [3.8, 4) is 0 Å². The molecule has 0 radical (unpaired) electrons.